The quantitative estimate of drug-likeness (QED) is 0.322. The van der Waals surface area contributed by atoms with Crippen LogP contribution in [0, 0.1) is 12.7 Å². The summed E-state index contributed by atoms with van der Waals surface area (Å²) in [5.74, 6) is -0.457. The number of hydrogen-bond acceptors (Lipinski definition) is 8. The molecular weight excluding hydrogens is 501 g/mol. The summed E-state index contributed by atoms with van der Waals surface area (Å²) < 4.78 is 51.8. The van der Waals surface area contributed by atoms with E-state index in [9.17, 15) is 13.2 Å². The number of hydrogen-bond donors (Lipinski definition) is 2. The number of anilines is 1. The number of carbonyl (C=O) groups excluding carboxylic acids is 1. The number of aryl methyl sites for hydroxylation is 1. The second-order valence-electron chi connectivity index (χ2n) is 7.82. The predicted octanol–water partition coefficient (Wildman–Crippen LogP) is 4.39. The van der Waals surface area contributed by atoms with Gasteiger partial charge >= 0.3 is 0 Å². The Bertz CT molecular complexity index is 1390. The van der Waals surface area contributed by atoms with Crippen molar-refractivity contribution in [1.82, 2.24) is 19.9 Å². The lowest BCUT2D eigenvalue weighted by Gasteiger charge is -2.16. The predicted molar refractivity (Wildman–Crippen MR) is 134 cm³/mol. The minimum absolute atomic E-state index is 0.0234. The first-order valence-electron chi connectivity index (χ1n) is 11.2. The van der Waals surface area contributed by atoms with E-state index in [0.29, 0.717) is 46.1 Å². The SMILES string of the molecule is COCc1cccc(COc2nc(N)nc(-c3ccc(F)cc3)c2-c2cc(C)nc(C(F)F)c2)n1.NC=O. The van der Waals surface area contributed by atoms with E-state index < -0.39 is 17.9 Å². The van der Waals surface area contributed by atoms with Gasteiger partial charge in [-0.05, 0) is 61.0 Å². The number of ether oxygens (including phenoxy) is 2. The van der Waals surface area contributed by atoms with Gasteiger partial charge in [-0.3, -0.25) is 14.8 Å². The Kier molecular flexibility index (Phi) is 9.66. The van der Waals surface area contributed by atoms with Crippen molar-refractivity contribution in [3.63, 3.8) is 0 Å². The van der Waals surface area contributed by atoms with Gasteiger partial charge in [0, 0.05) is 18.4 Å². The Morgan fingerprint density at radius 1 is 0.947 bits per heavy atom. The fourth-order valence-electron chi connectivity index (χ4n) is 3.57. The van der Waals surface area contributed by atoms with Crippen LogP contribution in [-0.2, 0) is 22.7 Å². The zero-order chi connectivity index (χ0) is 27.7. The third-order valence-corrected chi connectivity index (χ3v) is 5.01. The molecule has 3 heterocycles. The summed E-state index contributed by atoms with van der Waals surface area (Å²) in [7, 11) is 1.57. The van der Waals surface area contributed by atoms with E-state index in [2.05, 4.69) is 25.7 Å². The van der Waals surface area contributed by atoms with Gasteiger partial charge in [-0.15, -0.1) is 0 Å². The number of nitrogens with two attached hydrogens (primary N) is 2. The molecule has 12 heteroatoms. The molecule has 1 amide bonds. The molecule has 0 saturated carbocycles. The number of primary amides is 1. The highest BCUT2D eigenvalue weighted by Crippen LogP contribution is 2.39. The van der Waals surface area contributed by atoms with Crippen LogP contribution in [0.2, 0.25) is 0 Å². The monoisotopic (exact) mass is 526 g/mol. The van der Waals surface area contributed by atoms with Gasteiger partial charge in [0.15, 0.2) is 0 Å². The van der Waals surface area contributed by atoms with Gasteiger partial charge < -0.3 is 20.9 Å². The molecule has 0 spiro atoms. The van der Waals surface area contributed by atoms with Gasteiger partial charge in [-0.25, -0.2) is 18.2 Å². The Balaban J connectivity index is 0.00000127. The summed E-state index contributed by atoms with van der Waals surface area (Å²) in [5, 5.41) is 0. The molecule has 0 aliphatic heterocycles. The summed E-state index contributed by atoms with van der Waals surface area (Å²) >= 11 is 0. The number of nitrogens with zero attached hydrogens (tertiary/aromatic N) is 4. The van der Waals surface area contributed by atoms with Gasteiger partial charge in [-0.1, -0.05) is 6.07 Å². The van der Waals surface area contributed by atoms with Gasteiger partial charge in [0.05, 0.1) is 29.3 Å². The van der Waals surface area contributed by atoms with Crippen molar-refractivity contribution in [2.75, 3.05) is 12.8 Å². The smallest absolute Gasteiger partial charge is 0.280 e. The molecule has 0 saturated heterocycles. The molecule has 1 aromatic carbocycles. The number of nitrogen functional groups attached to an aromatic ring is 1. The molecule has 4 N–H and O–H groups in total. The number of pyridine rings is 2. The number of alkyl halides is 2. The third kappa shape index (κ3) is 7.23. The van der Waals surface area contributed by atoms with Gasteiger partial charge in [0.1, 0.15) is 18.1 Å². The van der Waals surface area contributed by atoms with Crippen LogP contribution in [0.25, 0.3) is 22.4 Å². The van der Waals surface area contributed by atoms with Gasteiger partial charge in [0.25, 0.3) is 6.43 Å². The molecule has 0 aliphatic rings. The normalized spacial score (nSPS) is 10.6. The fraction of sp³-hybridized carbons (Fsp3) is 0.192. The standard InChI is InChI=1S/C25H22F3N5O2.CH3NO/c1-14-10-16(11-20(30-14)23(27)28)21-22(15-6-8-17(26)9-7-15)32-25(29)33-24(21)35-13-19-5-3-4-18(31-19)12-34-2;2-1-3/h3-11,23H,12-13H2,1-2H3,(H2,29,32,33);1H,(H2,2,3). The molecule has 0 bridgehead atoms. The van der Waals surface area contributed by atoms with Crippen LogP contribution in [0.4, 0.5) is 19.1 Å². The third-order valence-electron chi connectivity index (χ3n) is 5.01. The van der Waals surface area contributed by atoms with Crippen LogP contribution in [0.1, 0.15) is 29.2 Å². The maximum Gasteiger partial charge on any atom is 0.280 e. The molecule has 0 fully saturated rings. The highest BCUT2D eigenvalue weighted by molar-refractivity contribution is 5.85. The van der Waals surface area contributed by atoms with Crippen LogP contribution >= 0.6 is 0 Å². The van der Waals surface area contributed by atoms with E-state index in [0.717, 1.165) is 0 Å². The molecule has 0 atom stereocenters. The van der Waals surface area contributed by atoms with Crippen molar-refractivity contribution < 1.29 is 27.4 Å². The van der Waals surface area contributed by atoms with Crippen LogP contribution in [0.15, 0.2) is 54.6 Å². The Morgan fingerprint density at radius 3 is 2.24 bits per heavy atom. The number of carbonyl (C=O) groups is 1. The molecule has 0 aliphatic carbocycles. The molecule has 3 aromatic heterocycles. The number of amides is 1. The average Bonchev–Trinajstić information content (AvgIpc) is 2.88. The van der Waals surface area contributed by atoms with E-state index >= 15 is 0 Å². The van der Waals surface area contributed by atoms with Crippen molar-refractivity contribution in [2.45, 2.75) is 26.6 Å². The number of benzene rings is 1. The summed E-state index contributed by atoms with van der Waals surface area (Å²) in [4.78, 5) is 25.5. The molecule has 9 nitrogen and oxygen atoms in total. The first-order chi connectivity index (χ1) is 18.2. The van der Waals surface area contributed by atoms with Crippen molar-refractivity contribution in [1.29, 1.82) is 0 Å². The zero-order valence-electron chi connectivity index (χ0n) is 20.6. The topological polar surface area (TPSA) is 139 Å². The molecule has 0 radical (unpaired) electrons. The number of halogens is 3. The Morgan fingerprint density at radius 2 is 1.61 bits per heavy atom. The van der Waals surface area contributed by atoms with E-state index in [1.54, 1.807) is 26.2 Å². The highest BCUT2D eigenvalue weighted by Gasteiger charge is 2.21. The van der Waals surface area contributed by atoms with Crippen molar-refractivity contribution >= 4 is 12.4 Å². The number of rotatable bonds is 8. The molecule has 0 unspecified atom stereocenters. The first kappa shape index (κ1) is 28.0. The van der Waals surface area contributed by atoms with E-state index in [4.69, 9.17) is 20.0 Å². The minimum Gasteiger partial charge on any atom is -0.471 e. The van der Waals surface area contributed by atoms with E-state index in [1.165, 1.54) is 30.3 Å². The zero-order valence-corrected chi connectivity index (χ0v) is 20.6. The molecule has 4 rings (SSSR count). The van der Waals surface area contributed by atoms with Gasteiger partial charge in [-0.2, -0.15) is 4.98 Å². The largest absolute Gasteiger partial charge is 0.471 e. The van der Waals surface area contributed by atoms with E-state index in [1.807, 2.05) is 12.1 Å². The van der Waals surface area contributed by atoms with Gasteiger partial charge in [0.2, 0.25) is 18.2 Å². The molecular formula is C26H25F3N6O3. The molecule has 198 valence electrons. The van der Waals surface area contributed by atoms with E-state index in [-0.39, 0.29) is 24.8 Å². The van der Waals surface area contributed by atoms with Crippen LogP contribution in [0.3, 0.4) is 0 Å². The van der Waals surface area contributed by atoms with Crippen LogP contribution in [-0.4, -0.2) is 33.5 Å². The van der Waals surface area contributed by atoms with Crippen molar-refractivity contribution in [3.8, 4) is 28.3 Å². The maximum atomic E-state index is 13.6. The Labute approximate surface area is 216 Å². The molecule has 38 heavy (non-hydrogen) atoms. The fourth-order valence-corrected chi connectivity index (χ4v) is 3.57. The average molecular weight is 527 g/mol. The van der Waals surface area contributed by atoms with Crippen molar-refractivity contribution in [3.05, 3.63) is 83.2 Å². The summed E-state index contributed by atoms with van der Waals surface area (Å²) in [6.45, 7) is 1.97. The Hall–Kier alpha value is -4.58. The lowest BCUT2D eigenvalue weighted by molar-refractivity contribution is -0.106. The number of aromatic nitrogens is 4. The lowest BCUT2D eigenvalue weighted by Crippen LogP contribution is -2.07. The highest BCUT2D eigenvalue weighted by atomic mass is 19.3. The summed E-state index contributed by atoms with van der Waals surface area (Å²) in [5.41, 5.74) is 12.9. The molecule has 4 aromatic rings. The summed E-state index contributed by atoms with van der Waals surface area (Å²) in [6.07, 6.45) is -2.53. The second-order valence-corrected chi connectivity index (χ2v) is 7.82. The lowest BCUT2D eigenvalue weighted by atomic mass is 9.99. The first-order valence-corrected chi connectivity index (χ1v) is 11.2. The van der Waals surface area contributed by atoms with Crippen LogP contribution in [0.5, 0.6) is 5.88 Å². The van der Waals surface area contributed by atoms with Crippen molar-refractivity contribution in [2.24, 2.45) is 5.73 Å². The minimum atomic E-state index is -2.78. The summed E-state index contributed by atoms with van der Waals surface area (Å²) in [6, 6.07) is 13.9. The van der Waals surface area contributed by atoms with Crippen LogP contribution < -0.4 is 16.2 Å². The second kappa shape index (κ2) is 13.1. The number of methoxy groups -OCH3 is 1. The maximum absolute atomic E-state index is 13.6.